The average Bonchev–Trinajstić information content (AvgIpc) is 3.34. The van der Waals surface area contributed by atoms with Gasteiger partial charge >= 0.3 is 18.9 Å². The Balaban J connectivity index is -0.0000000452. The summed E-state index contributed by atoms with van der Waals surface area (Å²) in [6, 6.07) is 8.93. The van der Waals surface area contributed by atoms with Crippen molar-refractivity contribution in [3.63, 3.8) is 0 Å². The molecule has 1 aliphatic heterocycles. The average molecular weight is 1030 g/mol. The van der Waals surface area contributed by atoms with Crippen molar-refractivity contribution in [3.05, 3.63) is 12.3 Å². The van der Waals surface area contributed by atoms with Crippen LogP contribution in [0, 0.1) is 0 Å². The summed E-state index contributed by atoms with van der Waals surface area (Å²) >= 11 is 11.6. The Morgan fingerprint density at radius 1 is 0.638 bits per heavy atom. The van der Waals surface area contributed by atoms with Gasteiger partial charge in [0.15, 0.2) is 17.4 Å². The molecule has 0 aliphatic carbocycles. The first-order valence-electron chi connectivity index (χ1n) is 17.4. The van der Waals surface area contributed by atoms with Crippen LogP contribution in [0.5, 0.6) is 0 Å². The minimum Gasteiger partial charge on any atom is -1.00 e. The van der Waals surface area contributed by atoms with Crippen molar-refractivity contribution in [2.45, 2.75) is 187 Å². The van der Waals surface area contributed by atoms with Crippen molar-refractivity contribution < 1.29 is 46.1 Å². The van der Waals surface area contributed by atoms with E-state index in [0.29, 0.717) is 0 Å². The fraction of sp³-hybridized carbons (Fsp3) is 0.939. The van der Waals surface area contributed by atoms with Crippen LogP contribution in [0.2, 0.25) is 167 Å². The van der Waals surface area contributed by atoms with E-state index >= 15 is 0 Å². The largest absolute Gasteiger partial charge is 1.00 e. The number of rotatable bonds is 10. The molecule has 1 fully saturated rings. The first-order valence-corrected chi connectivity index (χ1v) is 46.6. The normalized spacial score (nSPS) is 12.5. The van der Waals surface area contributed by atoms with E-state index in [9.17, 15) is 0 Å². The van der Waals surface area contributed by atoms with Crippen molar-refractivity contribution in [2.75, 3.05) is 13.2 Å². The van der Waals surface area contributed by atoms with E-state index in [1.165, 1.54) is 24.9 Å². The first kappa shape index (κ1) is 72.1. The molecule has 0 spiro atoms. The summed E-state index contributed by atoms with van der Waals surface area (Å²) in [4.78, 5) is 0. The van der Waals surface area contributed by atoms with Crippen LogP contribution in [0.3, 0.4) is 0 Å². The third-order valence-electron chi connectivity index (χ3n) is 5.85. The molecule has 0 bridgehead atoms. The molecule has 0 saturated carbocycles. The Morgan fingerprint density at radius 2 is 0.872 bits per heavy atom. The maximum absolute atomic E-state index is 6.20. The van der Waals surface area contributed by atoms with Gasteiger partial charge in [-0.15, -0.1) is 12.3 Å². The third kappa shape index (κ3) is 120. The van der Waals surface area contributed by atoms with Crippen LogP contribution in [-0.4, -0.2) is 96.0 Å². The van der Waals surface area contributed by atoms with E-state index in [2.05, 4.69) is 143 Å². The van der Waals surface area contributed by atoms with Gasteiger partial charge < -0.3 is 6.16 Å². The molecule has 1 saturated heterocycles. The van der Waals surface area contributed by atoms with Crippen LogP contribution in [0.1, 0.15) is 21.7 Å². The number of halogens is 2. The SMILES string of the molecule is C.C1CCOC1.C=C[Si](C)(C)C.C[SiH](C)CC[Si](C)(C)C.C[SiH](C)CC[Si](C)(C)C.C[SiH](C)Cl.C[Si](C)(C)CC[Si](C)(C)Cl.[AlH3].[H-].[Li+].[Pt]. The standard InChI is InChI=1S/C7H19ClSi2.2C7H20Si2.C5H12Si.C4H8O.C2H7ClSi.CH4.Al.Li.Pt.4H/c1-9(2,3)6-7-10(4,5)8;2*1-8(2)6-7-9(3,4)5;1-5-6(2,3)4;1-2-4-5-3-1;1-4(2)3;;;;;;;;/h6-7H2,1-5H3;2*8H,6-7H2,1-5H3;5H,1H2,2-4H3;1-4H2;4H,1-2H3;1H4;;;;;;;/q;;;;;;;;+1;;;;;-1. The Labute approximate surface area is 360 Å². The van der Waals surface area contributed by atoms with Gasteiger partial charge in [0.05, 0.1) is 8.07 Å². The Bertz CT molecular complexity index is 577. The second-order valence-electron chi connectivity index (χ2n) is 18.7. The number of hydrogen-bond donors (Lipinski definition) is 0. The number of ether oxygens (including phenoxy) is 1. The van der Waals surface area contributed by atoms with Gasteiger partial charge in [0.1, 0.15) is 15.5 Å². The molecule has 1 rings (SSSR count). The van der Waals surface area contributed by atoms with Gasteiger partial charge in [-0.3, -0.25) is 0 Å². The smallest absolute Gasteiger partial charge is 1.00 e. The summed E-state index contributed by atoms with van der Waals surface area (Å²) in [5.74, 6) is 0. The summed E-state index contributed by atoms with van der Waals surface area (Å²) in [6.07, 6.45) is 2.56. The summed E-state index contributed by atoms with van der Waals surface area (Å²) in [6.45, 7) is 52.9. The van der Waals surface area contributed by atoms with E-state index < -0.39 is 47.8 Å². The molecule has 0 atom stereocenters. The topological polar surface area (TPSA) is 9.23 Å². The Kier molecular flexibility index (Phi) is 60.7. The van der Waals surface area contributed by atoms with E-state index in [1.54, 1.807) is 24.2 Å². The second kappa shape index (κ2) is 39.5. The molecule has 1 aliphatic rings. The zero-order chi connectivity index (χ0) is 35.7. The Morgan fingerprint density at radius 3 is 0.936 bits per heavy atom. The molecule has 0 amide bonds. The quantitative estimate of drug-likeness (QED) is 0.157. The molecular formula is C33H94AlCl2LiOPtSi8. The summed E-state index contributed by atoms with van der Waals surface area (Å²) in [5, 5.41) is 0. The molecule has 0 N–H and O–H groups in total. The molecule has 14 heteroatoms. The van der Waals surface area contributed by atoms with Crippen LogP contribution < -0.4 is 18.9 Å². The molecule has 0 radical (unpaired) electrons. The Hall–Kier alpha value is 3.83. The van der Waals surface area contributed by atoms with E-state index in [0.717, 1.165) is 13.2 Å². The maximum atomic E-state index is 6.20. The molecule has 1 heterocycles. The van der Waals surface area contributed by atoms with Crippen LogP contribution in [0.4, 0.5) is 0 Å². The van der Waals surface area contributed by atoms with Crippen molar-refractivity contribution >= 4 is 105 Å². The van der Waals surface area contributed by atoms with Gasteiger partial charge in [-0.2, -0.15) is 22.2 Å². The molecule has 0 aromatic carbocycles. The zero-order valence-electron chi connectivity index (χ0n) is 36.1. The zero-order valence-corrected chi connectivity index (χ0v) is 47.3. The first-order chi connectivity index (χ1) is 18.8. The molecule has 0 aromatic heterocycles. The van der Waals surface area contributed by atoms with Gasteiger partial charge in [-0.05, 0) is 18.9 Å². The van der Waals surface area contributed by atoms with Gasteiger partial charge in [0.25, 0.3) is 0 Å². The molecule has 292 valence electrons. The third-order valence-corrected chi connectivity index (χ3v) is 19.0. The van der Waals surface area contributed by atoms with E-state index in [4.69, 9.17) is 26.9 Å². The van der Waals surface area contributed by atoms with Crippen LogP contribution in [0.25, 0.3) is 0 Å². The summed E-state index contributed by atoms with van der Waals surface area (Å²) in [7, 11) is -5.45. The van der Waals surface area contributed by atoms with Crippen molar-refractivity contribution in [1.29, 1.82) is 0 Å². The predicted octanol–water partition coefficient (Wildman–Crippen LogP) is 10.0. The summed E-state index contributed by atoms with van der Waals surface area (Å²) < 4.78 is 4.94. The van der Waals surface area contributed by atoms with Crippen molar-refractivity contribution in [2.24, 2.45) is 0 Å². The molecule has 47 heavy (non-hydrogen) atoms. The fourth-order valence-electron chi connectivity index (χ4n) is 2.63. The monoisotopic (exact) mass is 1030 g/mol. The van der Waals surface area contributed by atoms with Gasteiger partial charge in [-0.1, -0.05) is 169 Å². The van der Waals surface area contributed by atoms with E-state index in [1.807, 2.05) is 0 Å². The molecule has 0 aromatic rings. The molecule has 0 unspecified atom stereocenters. The molecule has 1 nitrogen and oxygen atoms in total. The van der Waals surface area contributed by atoms with Gasteiger partial charge in [-0.25, -0.2) is 0 Å². The van der Waals surface area contributed by atoms with Gasteiger partial charge in [0.2, 0.25) is 0 Å². The predicted molar refractivity (Wildman–Crippen MR) is 256 cm³/mol. The fourth-order valence-corrected chi connectivity index (χ4v) is 20.4. The van der Waals surface area contributed by atoms with E-state index in [-0.39, 0.29) is 83.7 Å². The van der Waals surface area contributed by atoms with Crippen LogP contribution in [0.15, 0.2) is 12.3 Å². The minimum absolute atomic E-state index is 0. The summed E-state index contributed by atoms with van der Waals surface area (Å²) in [5.41, 5.74) is 2.08. The van der Waals surface area contributed by atoms with Gasteiger partial charge in [0, 0.05) is 76.1 Å². The van der Waals surface area contributed by atoms with Crippen LogP contribution >= 0.6 is 22.2 Å². The second-order valence-corrected chi connectivity index (χ2v) is 59.1. The van der Waals surface area contributed by atoms with Crippen molar-refractivity contribution in [1.82, 2.24) is 0 Å². The molecular weight excluding hydrogens is 937 g/mol. The van der Waals surface area contributed by atoms with Crippen LogP contribution in [-0.2, 0) is 25.8 Å². The maximum Gasteiger partial charge on any atom is 1.00 e. The minimum atomic E-state index is -1.26. The van der Waals surface area contributed by atoms with Crippen molar-refractivity contribution in [3.8, 4) is 0 Å². The number of hydrogen-bond acceptors (Lipinski definition) is 1.